The molecule has 4 nitrogen and oxygen atoms in total. The molecule has 0 bridgehead atoms. The molecule has 1 aliphatic rings. The van der Waals surface area contributed by atoms with Gasteiger partial charge in [0.1, 0.15) is 6.61 Å². The van der Waals surface area contributed by atoms with Crippen molar-refractivity contribution in [2.45, 2.75) is 32.2 Å². The molecule has 1 atom stereocenters. The first-order chi connectivity index (χ1) is 6.74. The van der Waals surface area contributed by atoms with E-state index in [0.29, 0.717) is 12.6 Å². The number of cyclic esters (lactones) is 1. The van der Waals surface area contributed by atoms with Crippen molar-refractivity contribution >= 4 is 6.09 Å². The van der Waals surface area contributed by atoms with Gasteiger partial charge in [-0.25, -0.2) is 4.79 Å². The van der Waals surface area contributed by atoms with Crippen LogP contribution < -0.4 is 5.32 Å². The maximum atomic E-state index is 11.0. The molecule has 0 spiro atoms. The van der Waals surface area contributed by atoms with Crippen LogP contribution in [0.1, 0.15) is 26.2 Å². The monoisotopic (exact) mass is 200 g/mol. The molecule has 1 saturated heterocycles. The summed E-state index contributed by atoms with van der Waals surface area (Å²) in [5, 5.41) is 3.20. The van der Waals surface area contributed by atoms with Crippen LogP contribution in [0.5, 0.6) is 0 Å². The highest BCUT2D eigenvalue weighted by Gasteiger charge is 2.20. The van der Waals surface area contributed by atoms with Crippen molar-refractivity contribution in [1.29, 1.82) is 0 Å². The molecule has 0 aliphatic carbocycles. The van der Waals surface area contributed by atoms with Crippen LogP contribution in [0.25, 0.3) is 0 Å². The third-order valence-electron chi connectivity index (χ3n) is 2.65. The molecule has 1 aliphatic heterocycles. The van der Waals surface area contributed by atoms with Gasteiger partial charge in [0.2, 0.25) is 0 Å². The van der Waals surface area contributed by atoms with Crippen molar-refractivity contribution in [3.63, 3.8) is 0 Å². The first-order valence-corrected chi connectivity index (χ1v) is 5.33. The largest absolute Gasteiger partial charge is 0.448 e. The molecule has 0 aromatic carbocycles. The maximum absolute atomic E-state index is 11.0. The molecular weight excluding hydrogens is 180 g/mol. The van der Waals surface area contributed by atoms with Gasteiger partial charge in [-0.3, -0.25) is 0 Å². The lowest BCUT2D eigenvalue weighted by Gasteiger charge is -2.13. The summed E-state index contributed by atoms with van der Waals surface area (Å²) in [7, 11) is 1.97. The molecule has 0 saturated carbocycles. The van der Waals surface area contributed by atoms with E-state index in [0.717, 1.165) is 25.9 Å². The van der Waals surface area contributed by atoms with Crippen LogP contribution in [0.2, 0.25) is 0 Å². The van der Waals surface area contributed by atoms with Crippen molar-refractivity contribution in [3.05, 3.63) is 0 Å². The lowest BCUT2D eigenvalue weighted by atomic mass is 10.1. The summed E-state index contributed by atoms with van der Waals surface area (Å²) in [6.07, 6.45) is 3.25. The summed E-state index contributed by atoms with van der Waals surface area (Å²) >= 11 is 0. The van der Waals surface area contributed by atoms with Gasteiger partial charge >= 0.3 is 6.09 Å². The highest BCUT2D eigenvalue weighted by molar-refractivity contribution is 5.69. The number of nitrogens with zero attached hydrogens (tertiary/aromatic N) is 1. The first-order valence-electron chi connectivity index (χ1n) is 5.33. The topological polar surface area (TPSA) is 41.6 Å². The fourth-order valence-corrected chi connectivity index (χ4v) is 1.53. The summed E-state index contributed by atoms with van der Waals surface area (Å²) in [4.78, 5) is 12.8. The molecule has 1 heterocycles. The van der Waals surface area contributed by atoms with E-state index >= 15 is 0 Å². The van der Waals surface area contributed by atoms with E-state index in [4.69, 9.17) is 4.74 Å². The Hall–Kier alpha value is -0.770. The Balaban J connectivity index is 2.01. The normalized spacial score (nSPS) is 18.4. The molecule has 1 N–H and O–H groups in total. The third-order valence-corrected chi connectivity index (χ3v) is 2.65. The van der Waals surface area contributed by atoms with Crippen LogP contribution in [-0.2, 0) is 4.74 Å². The van der Waals surface area contributed by atoms with Crippen LogP contribution in [0.15, 0.2) is 0 Å². The standard InChI is InChI=1S/C10H20N2O2/c1-9(11-2)5-3-4-6-12-7-8-14-10(12)13/h9,11H,3-8H2,1-2H3. The van der Waals surface area contributed by atoms with E-state index in [2.05, 4.69) is 12.2 Å². The number of hydrogen-bond donors (Lipinski definition) is 1. The first kappa shape index (κ1) is 11.3. The Labute approximate surface area is 85.6 Å². The Morgan fingerprint density at radius 2 is 2.36 bits per heavy atom. The van der Waals surface area contributed by atoms with E-state index in [1.54, 1.807) is 4.90 Å². The van der Waals surface area contributed by atoms with E-state index < -0.39 is 0 Å². The molecule has 4 heteroatoms. The number of ether oxygens (including phenoxy) is 1. The van der Waals surface area contributed by atoms with Crippen LogP contribution in [0, 0.1) is 0 Å². The third kappa shape index (κ3) is 3.54. The quantitative estimate of drug-likeness (QED) is 0.655. The lowest BCUT2D eigenvalue weighted by Crippen LogP contribution is -2.26. The molecule has 1 fully saturated rings. The van der Waals surface area contributed by atoms with Gasteiger partial charge in [-0.2, -0.15) is 0 Å². The minimum atomic E-state index is -0.147. The van der Waals surface area contributed by atoms with E-state index in [1.807, 2.05) is 7.05 Å². The van der Waals surface area contributed by atoms with Crippen LogP contribution >= 0.6 is 0 Å². The Morgan fingerprint density at radius 3 is 2.93 bits per heavy atom. The van der Waals surface area contributed by atoms with Crippen molar-refractivity contribution in [2.24, 2.45) is 0 Å². The average molecular weight is 200 g/mol. The van der Waals surface area contributed by atoms with Crippen molar-refractivity contribution in [3.8, 4) is 0 Å². The van der Waals surface area contributed by atoms with Gasteiger partial charge in [0.15, 0.2) is 0 Å². The summed E-state index contributed by atoms with van der Waals surface area (Å²) in [6.45, 7) is 4.34. The van der Waals surface area contributed by atoms with Crippen molar-refractivity contribution < 1.29 is 9.53 Å². The fourth-order valence-electron chi connectivity index (χ4n) is 1.53. The van der Waals surface area contributed by atoms with E-state index in [-0.39, 0.29) is 6.09 Å². The molecule has 1 unspecified atom stereocenters. The summed E-state index contributed by atoms with van der Waals surface area (Å²) in [5.41, 5.74) is 0. The van der Waals surface area contributed by atoms with Gasteiger partial charge in [-0.05, 0) is 26.8 Å². The zero-order chi connectivity index (χ0) is 10.4. The average Bonchev–Trinajstić information content (AvgIpc) is 2.58. The molecule has 82 valence electrons. The van der Waals surface area contributed by atoms with Crippen LogP contribution in [-0.4, -0.2) is 43.8 Å². The predicted molar refractivity (Wildman–Crippen MR) is 55.3 cm³/mol. The molecule has 1 amide bonds. The maximum Gasteiger partial charge on any atom is 0.409 e. The van der Waals surface area contributed by atoms with Gasteiger partial charge < -0.3 is 15.0 Å². The molecular formula is C10H20N2O2. The number of carbonyl (C=O) groups is 1. The van der Waals surface area contributed by atoms with Crippen molar-refractivity contribution in [1.82, 2.24) is 10.2 Å². The molecule has 0 aromatic heterocycles. The highest BCUT2D eigenvalue weighted by atomic mass is 16.6. The van der Waals surface area contributed by atoms with Gasteiger partial charge in [0, 0.05) is 12.6 Å². The zero-order valence-corrected chi connectivity index (χ0v) is 9.08. The number of nitrogens with one attached hydrogen (secondary N) is 1. The lowest BCUT2D eigenvalue weighted by molar-refractivity contribution is 0.158. The number of amides is 1. The second-order valence-corrected chi connectivity index (χ2v) is 3.79. The van der Waals surface area contributed by atoms with Gasteiger partial charge in [0.05, 0.1) is 6.54 Å². The summed E-state index contributed by atoms with van der Waals surface area (Å²) < 4.78 is 4.84. The Bertz CT molecular complexity index is 185. The van der Waals surface area contributed by atoms with E-state index in [1.165, 1.54) is 6.42 Å². The SMILES string of the molecule is CNC(C)CCCCN1CCOC1=O. The van der Waals surface area contributed by atoms with Gasteiger partial charge in [-0.1, -0.05) is 6.42 Å². The smallest absolute Gasteiger partial charge is 0.409 e. The fraction of sp³-hybridized carbons (Fsp3) is 0.900. The van der Waals surface area contributed by atoms with Gasteiger partial charge in [-0.15, -0.1) is 0 Å². The number of hydrogen-bond acceptors (Lipinski definition) is 3. The van der Waals surface area contributed by atoms with Gasteiger partial charge in [0.25, 0.3) is 0 Å². The van der Waals surface area contributed by atoms with E-state index in [9.17, 15) is 4.79 Å². The van der Waals surface area contributed by atoms with Crippen LogP contribution in [0.4, 0.5) is 4.79 Å². The minimum Gasteiger partial charge on any atom is -0.448 e. The number of rotatable bonds is 6. The van der Waals surface area contributed by atoms with Crippen LogP contribution in [0.3, 0.4) is 0 Å². The second-order valence-electron chi connectivity index (χ2n) is 3.79. The highest BCUT2D eigenvalue weighted by Crippen LogP contribution is 2.07. The summed E-state index contributed by atoms with van der Waals surface area (Å²) in [5.74, 6) is 0. The second kappa shape index (κ2) is 5.86. The predicted octanol–water partition coefficient (Wildman–Crippen LogP) is 1.22. The number of unbranched alkanes of at least 4 members (excludes halogenated alkanes) is 1. The van der Waals surface area contributed by atoms with Crippen molar-refractivity contribution in [2.75, 3.05) is 26.7 Å². The zero-order valence-electron chi connectivity index (χ0n) is 9.08. The molecule has 1 rings (SSSR count). The Kier molecular flexibility index (Phi) is 4.73. The number of carbonyl (C=O) groups excluding carboxylic acids is 1. The molecule has 0 radical (unpaired) electrons. The molecule has 14 heavy (non-hydrogen) atoms. The summed E-state index contributed by atoms with van der Waals surface area (Å²) in [6, 6.07) is 0.570. The molecule has 0 aromatic rings. The Morgan fingerprint density at radius 1 is 1.57 bits per heavy atom. The minimum absolute atomic E-state index is 0.147.